The topological polar surface area (TPSA) is 43.8 Å². The normalized spacial score (nSPS) is 30.1. The van der Waals surface area contributed by atoms with Crippen LogP contribution in [-0.2, 0) is 10.4 Å². The van der Waals surface area contributed by atoms with Crippen LogP contribution in [0.2, 0.25) is 0 Å². The van der Waals surface area contributed by atoms with Gasteiger partial charge in [-0.25, -0.2) is 4.39 Å². The fourth-order valence-corrected chi connectivity index (χ4v) is 5.25. The van der Waals surface area contributed by atoms with E-state index in [0.29, 0.717) is 12.1 Å². The van der Waals surface area contributed by atoms with E-state index < -0.39 is 5.60 Å². The summed E-state index contributed by atoms with van der Waals surface area (Å²) in [6.07, 6.45) is 7.81. The molecule has 4 nitrogen and oxygen atoms in total. The molecule has 2 heterocycles. The smallest absolute Gasteiger partial charge is 0.225 e. The number of hydrogen-bond donors (Lipinski definition) is 1. The molecule has 0 spiro atoms. The number of β-amino-alcohol motifs (C(OH)–C–C–N with tert-alkyl or cyclic N) is 1. The highest BCUT2D eigenvalue weighted by atomic mass is 19.1. The third kappa shape index (κ3) is 3.90. The van der Waals surface area contributed by atoms with Gasteiger partial charge < -0.3 is 14.9 Å². The second-order valence-corrected chi connectivity index (χ2v) is 8.69. The Balaban J connectivity index is 1.57. The summed E-state index contributed by atoms with van der Waals surface area (Å²) in [5, 5.41) is 11.7. The van der Waals surface area contributed by atoms with E-state index in [2.05, 4.69) is 4.90 Å². The van der Waals surface area contributed by atoms with Gasteiger partial charge in [0.15, 0.2) is 0 Å². The molecule has 2 saturated heterocycles. The summed E-state index contributed by atoms with van der Waals surface area (Å²) >= 11 is 0. The first-order valence-electron chi connectivity index (χ1n) is 10.6. The molecule has 1 N–H and O–H groups in total. The second-order valence-electron chi connectivity index (χ2n) is 8.69. The summed E-state index contributed by atoms with van der Waals surface area (Å²) in [6, 6.07) is 6.30. The number of rotatable bonds is 4. The van der Waals surface area contributed by atoms with E-state index in [-0.39, 0.29) is 30.1 Å². The molecule has 4 rings (SSSR count). The maximum absolute atomic E-state index is 13.9. The summed E-state index contributed by atoms with van der Waals surface area (Å²) in [5.41, 5.74) is -0.570. The molecular formula is C22H31FN2O2. The van der Waals surface area contributed by atoms with Crippen molar-refractivity contribution in [3.05, 3.63) is 35.6 Å². The lowest BCUT2D eigenvalue weighted by atomic mass is 9.83. The van der Waals surface area contributed by atoms with Gasteiger partial charge in [-0.3, -0.25) is 4.79 Å². The Kier molecular flexibility index (Phi) is 5.51. The quantitative estimate of drug-likeness (QED) is 0.881. The highest BCUT2D eigenvalue weighted by Gasteiger charge is 2.49. The van der Waals surface area contributed by atoms with Gasteiger partial charge in [0.05, 0.1) is 6.54 Å². The van der Waals surface area contributed by atoms with Crippen molar-refractivity contribution in [2.24, 2.45) is 11.8 Å². The van der Waals surface area contributed by atoms with Crippen molar-refractivity contribution in [1.29, 1.82) is 0 Å². The number of likely N-dealkylation sites (tertiary alicyclic amines) is 2. The maximum Gasteiger partial charge on any atom is 0.225 e. The Labute approximate surface area is 161 Å². The molecule has 148 valence electrons. The van der Waals surface area contributed by atoms with Gasteiger partial charge in [0, 0.05) is 24.9 Å². The van der Waals surface area contributed by atoms with Crippen molar-refractivity contribution in [3.63, 3.8) is 0 Å². The minimum absolute atomic E-state index is 0.0808. The van der Waals surface area contributed by atoms with Gasteiger partial charge in [0.25, 0.3) is 0 Å². The van der Waals surface area contributed by atoms with Crippen LogP contribution in [0.4, 0.5) is 4.39 Å². The standard InChI is InChI=1S/C22H31FN2O2/c23-20-10-6-9-18(13-20)22(27)16-25(21(26)17-7-2-3-8-17)15-19(22)14-24-11-4-1-5-12-24/h6,9-10,13,17,19,27H,1-5,7-8,11-12,14-16H2/t19-,22-/m0/s1. The molecule has 1 aromatic carbocycles. The van der Waals surface area contributed by atoms with Gasteiger partial charge in [-0.1, -0.05) is 31.4 Å². The molecule has 1 amide bonds. The lowest BCUT2D eigenvalue weighted by Gasteiger charge is -2.35. The number of halogens is 1. The molecule has 3 aliphatic rings. The highest BCUT2D eigenvalue weighted by Crippen LogP contribution is 2.40. The van der Waals surface area contributed by atoms with Gasteiger partial charge >= 0.3 is 0 Å². The van der Waals surface area contributed by atoms with E-state index in [4.69, 9.17) is 0 Å². The molecule has 2 aliphatic heterocycles. The van der Waals surface area contributed by atoms with Crippen molar-refractivity contribution >= 4 is 5.91 Å². The number of hydrogen-bond acceptors (Lipinski definition) is 3. The summed E-state index contributed by atoms with van der Waals surface area (Å²) in [4.78, 5) is 17.3. The summed E-state index contributed by atoms with van der Waals surface area (Å²) in [5.74, 6) is -0.125. The van der Waals surface area contributed by atoms with Crippen molar-refractivity contribution in [3.8, 4) is 0 Å². The van der Waals surface area contributed by atoms with Gasteiger partial charge in [-0.2, -0.15) is 0 Å². The zero-order valence-corrected chi connectivity index (χ0v) is 16.1. The Morgan fingerprint density at radius 1 is 1.15 bits per heavy atom. The first-order valence-corrected chi connectivity index (χ1v) is 10.6. The predicted octanol–water partition coefficient (Wildman–Crippen LogP) is 3.15. The number of piperidine rings is 1. The number of benzene rings is 1. The van der Waals surface area contributed by atoms with Crippen LogP contribution in [0.1, 0.15) is 50.5 Å². The Morgan fingerprint density at radius 2 is 1.89 bits per heavy atom. The fourth-order valence-electron chi connectivity index (χ4n) is 5.25. The molecule has 0 radical (unpaired) electrons. The summed E-state index contributed by atoms with van der Waals surface area (Å²) in [7, 11) is 0. The van der Waals surface area contributed by atoms with Crippen LogP contribution in [0.15, 0.2) is 24.3 Å². The van der Waals surface area contributed by atoms with Crippen molar-refractivity contribution < 1.29 is 14.3 Å². The molecule has 5 heteroatoms. The number of amides is 1. The maximum atomic E-state index is 13.9. The average Bonchev–Trinajstić information content (AvgIpc) is 3.32. The second kappa shape index (κ2) is 7.88. The van der Waals surface area contributed by atoms with Crippen LogP contribution in [-0.4, -0.2) is 53.5 Å². The predicted molar refractivity (Wildman–Crippen MR) is 103 cm³/mol. The minimum Gasteiger partial charge on any atom is -0.383 e. The molecule has 1 aromatic rings. The Hall–Kier alpha value is -1.46. The summed E-state index contributed by atoms with van der Waals surface area (Å²) < 4.78 is 13.9. The first-order chi connectivity index (χ1) is 13.1. The fraction of sp³-hybridized carbons (Fsp3) is 0.682. The third-order valence-electron chi connectivity index (χ3n) is 6.82. The lowest BCUT2D eigenvalue weighted by molar-refractivity contribution is -0.135. The molecular weight excluding hydrogens is 343 g/mol. The molecule has 2 atom stereocenters. The van der Waals surface area contributed by atoms with Crippen LogP contribution < -0.4 is 0 Å². The van der Waals surface area contributed by atoms with Gasteiger partial charge in [0.1, 0.15) is 11.4 Å². The van der Waals surface area contributed by atoms with Crippen LogP contribution in [0.25, 0.3) is 0 Å². The molecule has 27 heavy (non-hydrogen) atoms. The zero-order valence-electron chi connectivity index (χ0n) is 16.1. The van der Waals surface area contributed by atoms with E-state index in [1.165, 1.54) is 31.4 Å². The van der Waals surface area contributed by atoms with Crippen LogP contribution in [0, 0.1) is 17.7 Å². The van der Waals surface area contributed by atoms with Gasteiger partial charge in [-0.05, 0) is 56.5 Å². The molecule has 0 aromatic heterocycles. The van der Waals surface area contributed by atoms with Crippen molar-refractivity contribution in [1.82, 2.24) is 9.80 Å². The number of nitrogens with zero attached hydrogens (tertiary/aromatic N) is 2. The first kappa shape index (κ1) is 18.9. The SMILES string of the molecule is O=C(C1CCCC1)N1C[C@H](CN2CCCCC2)[C@@](O)(c2cccc(F)c2)C1. The number of carbonyl (C=O) groups is 1. The molecule has 3 fully saturated rings. The Morgan fingerprint density at radius 3 is 2.59 bits per heavy atom. The number of carbonyl (C=O) groups excluding carboxylic acids is 1. The lowest BCUT2D eigenvalue weighted by Crippen LogP contribution is -2.43. The Bertz CT molecular complexity index is 670. The molecule has 1 saturated carbocycles. The average molecular weight is 375 g/mol. The minimum atomic E-state index is -1.17. The monoisotopic (exact) mass is 374 g/mol. The van der Waals surface area contributed by atoms with Crippen LogP contribution in [0.5, 0.6) is 0 Å². The van der Waals surface area contributed by atoms with Crippen LogP contribution in [0.3, 0.4) is 0 Å². The molecule has 1 aliphatic carbocycles. The van der Waals surface area contributed by atoms with E-state index in [1.54, 1.807) is 12.1 Å². The van der Waals surface area contributed by atoms with Crippen molar-refractivity contribution in [2.45, 2.75) is 50.5 Å². The van der Waals surface area contributed by atoms with E-state index >= 15 is 0 Å². The summed E-state index contributed by atoms with van der Waals surface area (Å²) in [6.45, 7) is 3.71. The van der Waals surface area contributed by atoms with E-state index in [9.17, 15) is 14.3 Å². The van der Waals surface area contributed by atoms with E-state index in [1.807, 2.05) is 4.90 Å². The van der Waals surface area contributed by atoms with Gasteiger partial charge in [-0.15, -0.1) is 0 Å². The van der Waals surface area contributed by atoms with Crippen LogP contribution >= 0.6 is 0 Å². The zero-order chi connectivity index (χ0) is 18.9. The molecule has 0 unspecified atom stereocenters. The van der Waals surface area contributed by atoms with Gasteiger partial charge in [0.2, 0.25) is 5.91 Å². The van der Waals surface area contributed by atoms with E-state index in [0.717, 1.165) is 45.3 Å². The largest absolute Gasteiger partial charge is 0.383 e. The highest BCUT2D eigenvalue weighted by molar-refractivity contribution is 5.79. The third-order valence-corrected chi connectivity index (χ3v) is 6.82. The number of aliphatic hydroxyl groups is 1. The van der Waals surface area contributed by atoms with Crippen molar-refractivity contribution in [2.75, 3.05) is 32.7 Å². The molecule has 0 bridgehead atoms.